The van der Waals surface area contributed by atoms with Crippen LogP contribution >= 0.6 is 0 Å². The van der Waals surface area contributed by atoms with Crippen molar-refractivity contribution in [3.63, 3.8) is 0 Å². The van der Waals surface area contributed by atoms with Gasteiger partial charge in [0.05, 0.1) is 6.54 Å². The molecule has 0 aromatic carbocycles. The number of fused-ring (bicyclic) bond motifs is 1. The van der Waals surface area contributed by atoms with Gasteiger partial charge in [0.25, 0.3) is 0 Å². The van der Waals surface area contributed by atoms with Crippen LogP contribution in [0.3, 0.4) is 0 Å². The summed E-state index contributed by atoms with van der Waals surface area (Å²) in [6.45, 7) is 6.75. The first kappa shape index (κ1) is 13.4. The third-order valence-corrected chi connectivity index (χ3v) is 3.70. The third kappa shape index (κ3) is 2.15. The number of hydrogen-bond acceptors (Lipinski definition) is 5. The van der Waals surface area contributed by atoms with Crippen LogP contribution in [-0.4, -0.2) is 50.6 Å². The Hall–Kier alpha value is -1.63. The van der Waals surface area contributed by atoms with Gasteiger partial charge in [-0.25, -0.2) is 9.78 Å². The van der Waals surface area contributed by atoms with Gasteiger partial charge >= 0.3 is 6.09 Å². The van der Waals surface area contributed by atoms with E-state index in [1.54, 1.807) is 9.58 Å². The summed E-state index contributed by atoms with van der Waals surface area (Å²) in [5.74, 6) is 0.839. The fourth-order valence-electron chi connectivity index (χ4n) is 2.70. The molecule has 110 valence electrons. The molecule has 0 radical (unpaired) electrons. The fraction of sp³-hybridized carbons (Fsp3) is 0.769. The lowest BCUT2D eigenvalue weighted by molar-refractivity contribution is 0.0215. The minimum atomic E-state index is -0.473. The Kier molecular flexibility index (Phi) is 2.79. The van der Waals surface area contributed by atoms with Gasteiger partial charge in [-0.05, 0) is 20.8 Å². The van der Waals surface area contributed by atoms with Gasteiger partial charge in [0.15, 0.2) is 11.4 Å². The van der Waals surface area contributed by atoms with E-state index in [9.17, 15) is 4.79 Å². The van der Waals surface area contributed by atoms with Crippen molar-refractivity contribution in [1.82, 2.24) is 19.7 Å². The molecule has 1 amide bonds. The number of nitrogens with zero attached hydrogens (tertiary/aromatic N) is 4. The summed E-state index contributed by atoms with van der Waals surface area (Å²) in [5.41, 5.74) is -0.830. The lowest BCUT2D eigenvalue weighted by atomic mass is 9.96. The SMILES string of the molecule is Cn1ncnc1C12CCN(C(=O)OC(C)(C)C)CC1O2. The predicted octanol–water partition coefficient (Wildman–Crippen LogP) is 1.05. The average molecular weight is 280 g/mol. The number of hydrogen-bond donors (Lipinski definition) is 0. The molecule has 2 fully saturated rings. The molecule has 2 atom stereocenters. The van der Waals surface area contributed by atoms with Crippen LogP contribution < -0.4 is 0 Å². The number of piperidine rings is 1. The van der Waals surface area contributed by atoms with Crippen molar-refractivity contribution < 1.29 is 14.3 Å². The van der Waals surface area contributed by atoms with Crippen molar-refractivity contribution >= 4 is 6.09 Å². The van der Waals surface area contributed by atoms with Gasteiger partial charge in [0.2, 0.25) is 0 Å². The molecule has 3 heterocycles. The van der Waals surface area contributed by atoms with Crippen LogP contribution in [-0.2, 0) is 22.1 Å². The molecule has 1 aromatic heterocycles. The van der Waals surface area contributed by atoms with E-state index in [2.05, 4.69) is 10.1 Å². The lowest BCUT2D eigenvalue weighted by Gasteiger charge is -2.30. The minimum Gasteiger partial charge on any atom is -0.444 e. The zero-order valence-electron chi connectivity index (χ0n) is 12.3. The lowest BCUT2D eigenvalue weighted by Crippen LogP contribution is -2.45. The highest BCUT2D eigenvalue weighted by molar-refractivity contribution is 5.68. The molecule has 0 N–H and O–H groups in total. The van der Waals surface area contributed by atoms with E-state index in [1.807, 2.05) is 27.8 Å². The number of rotatable bonds is 1. The van der Waals surface area contributed by atoms with E-state index in [4.69, 9.17) is 9.47 Å². The predicted molar refractivity (Wildman–Crippen MR) is 70.0 cm³/mol. The summed E-state index contributed by atoms with van der Waals surface area (Å²) in [6.07, 6.45) is 1.97. The van der Waals surface area contributed by atoms with Crippen LogP contribution in [0.1, 0.15) is 33.0 Å². The zero-order valence-corrected chi connectivity index (χ0v) is 12.3. The van der Waals surface area contributed by atoms with Crippen LogP contribution in [0, 0.1) is 0 Å². The maximum Gasteiger partial charge on any atom is 0.410 e. The molecule has 20 heavy (non-hydrogen) atoms. The van der Waals surface area contributed by atoms with Gasteiger partial charge in [0, 0.05) is 20.0 Å². The number of epoxide rings is 1. The van der Waals surface area contributed by atoms with Crippen molar-refractivity contribution in [1.29, 1.82) is 0 Å². The van der Waals surface area contributed by atoms with Crippen molar-refractivity contribution in [2.75, 3.05) is 13.1 Å². The molecule has 7 heteroatoms. The molecular formula is C13H20N4O3. The molecule has 3 rings (SSSR count). The Balaban J connectivity index is 1.66. The van der Waals surface area contributed by atoms with Crippen molar-refractivity contribution in [3.8, 4) is 0 Å². The highest BCUT2D eigenvalue weighted by Crippen LogP contribution is 2.51. The highest BCUT2D eigenvalue weighted by Gasteiger charge is 2.63. The Morgan fingerprint density at radius 2 is 2.30 bits per heavy atom. The van der Waals surface area contributed by atoms with Gasteiger partial charge in [0.1, 0.15) is 18.0 Å². The van der Waals surface area contributed by atoms with Crippen molar-refractivity contribution in [2.45, 2.75) is 44.5 Å². The minimum absolute atomic E-state index is 0.00771. The second-order valence-corrected chi connectivity index (χ2v) is 6.38. The molecule has 7 nitrogen and oxygen atoms in total. The summed E-state index contributed by atoms with van der Waals surface area (Å²) in [4.78, 5) is 18.0. The number of likely N-dealkylation sites (tertiary alicyclic amines) is 1. The summed E-state index contributed by atoms with van der Waals surface area (Å²) < 4.78 is 13.0. The smallest absolute Gasteiger partial charge is 0.410 e. The Morgan fingerprint density at radius 1 is 1.55 bits per heavy atom. The Bertz CT molecular complexity index is 536. The number of carbonyl (C=O) groups excluding carboxylic acids is 1. The molecule has 0 aliphatic carbocycles. The van der Waals surface area contributed by atoms with E-state index in [-0.39, 0.29) is 17.8 Å². The maximum absolute atomic E-state index is 12.1. The fourth-order valence-corrected chi connectivity index (χ4v) is 2.70. The van der Waals surface area contributed by atoms with E-state index in [0.717, 1.165) is 12.2 Å². The van der Waals surface area contributed by atoms with Crippen LogP contribution in [0.15, 0.2) is 6.33 Å². The van der Waals surface area contributed by atoms with E-state index in [0.29, 0.717) is 13.1 Å². The number of ether oxygens (including phenoxy) is 2. The van der Waals surface area contributed by atoms with Gasteiger partial charge in [-0.1, -0.05) is 0 Å². The molecular weight excluding hydrogens is 260 g/mol. The van der Waals surface area contributed by atoms with E-state index >= 15 is 0 Å². The molecule has 1 aromatic rings. The first-order chi connectivity index (χ1) is 9.32. The standard InChI is InChI=1S/C13H20N4O3/c1-12(2,3)20-11(18)17-6-5-13(9(7-17)19-13)10-14-8-15-16(10)4/h8-9H,5-7H2,1-4H3. The molecule has 2 saturated heterocycles. The summed E-state index contributed by atoms with van der Waals surface area (Å²) >= 11 is 0. The number of aromatic nitrogens is 3. The summed E-state index contributed by atoms with van der Waals surface area (Å²) in [7, 11) is 1.86. The largest absolute Gasteiger partial charge is 0.444 e. The normalized spacial score (nSPS) is 29.0. The van der Waals surface area contributed by atoms with Gasteiger partial charge in [-0.2, -0.15) is 5.10 Å². The first-order valence-electron chi connectivity index (χ1n) is 6.82. The molecule has 0 spiro atoms. The first-order valence-corrected chi connectivity index (χ1v) is 6.82. The second kappa shape index (κ2) is 4.18. The average Bonchev–Trinajstić information content (AvgIpc) is 2.92. The number of amides is 1. The molecule has 0 bridgehead atoms. The molecule has 0 saturated carbocycles. The Labute approximate surface area is 117 Å². The Morgan fingerprint density at radius 3 is 2.85 bits per heavy atom. The van der Waals surface area contributed by atoms with Gasteiger partial charge < -0.3 is 14.4 Å². The van der Waals surface area contributed by atoms with Gasteiger partial charge in [-0.15, -0.1) is 0 Å². The zero-order chi connectivity index (χ0) is 14.5. The van der Waals surface area contributed by atoms with E-state index in [1.165, 1.54) is 6.33 Å². The molecule has 2 aliphatic rings. The monoisotopic (exact) mass is 280 g/mol. The quantitative estimate of drug-likeness (QED) is 0.719. The van der Waals surface area contributed by atoms with Crippen LogP contribution in [0.25, 0.3) is 0 Å². The summed E-state index contributed by atoms with van der Waals surface area (Å²) in [6, 6.07) is 0. The topological polar surface area (TPSA) is 72.8 Å². The second-order valence-electron chi connectivity index (χ2n) is 6.38. The highest BCUT2D eigenvalue weighted by atomic mass is 16.6. The van der Waals surface area contributed by atoms with Crippen LogP contribution in [0.4, 0.5) is 4.79 Å². The van der Waals surface area contributed by atoms with E-state index < -0.39 is 5.60 Å². The molecule has 2 aliphatic heterocycles. The third-order valence-electron chi connectivity index (χ3n) is 3.70. The molecule has 2 unspecified atom stereocenters. The summed E-state index contributed by atoms with van der Waals surface area (Å²) in [5, 5.41) is 4.09. The van der Waals surface area contributed by atoms with Crippen molar-refractivity contribution in [2.24, 2.45) is 7.05 Å². The van der Waals surface area contributed by atoms with Crippen LogP contribution in [0.2, 0.25) is 0 Å². The number of carbonyl (C=O) groups is 1. The van der Waals surface area contributed by atoms with Gasteiger partial charge in [-0.3, -0.25) is 4.68 Å². The van der Waals surface area contributed by atoms with Crippen LogP contribution in [0.5, 0.6) is 0 Å². The van der Waals surface area contributed by atoms with Crippen molar-refractivity contribution in [3.05, 3.63) is 12.2 Å². The maximum atomic E-state index is 12.1. The number of aryl methyl sites for hydroxylation is 1.